The van der Waals surface area contributed by atoms with Crippen molar-refractivity contribution in [3.05, 3.63) is 58.9 Å². The van der Waals surface area contributed by atoms with Crippen LogP contribution in [0.3, 0.4) is 0 Å². The third-order valence-electron chi connectivity index (χ3n) is 3.72. The third-order valence-corrected chi connectivity index (χ3v) is 3.72. The van der Waals surface area contributed by atoms with E-state index in [0.29, 0.717) is 18.2 Å². The number of hydrogen-bond donors (Lipinski definition) is 1. The highest BCUT2D eigenvalue weighted by Crippen LogP contribution is 2.29. The van der Waals surface area contributed by atoms with Crippen molar-refractivity contribution in [2.45, 2.75) is 32.4 Å². The number of hydrogen-bond acceptors (Lipinski definition) is 1. The second-order valence-corrected chi connectivity index (χ2v) is 5.57. The summed E-state index contributed by atoms with van der Waals surface area (Å²) in [6, 6.07) is 8.42. The number of halogens is 3. The average Bonchev–Trinajstić information content (AvgIpc) is 3.27. The number of rotatable bonds is 4. The molecule has 0 unspecified atom stereocenters. The van der Waals surface area contributed by atoms with Crippen LogP contribution in [0.4, 0.5) is 13.2 Å². The highest BCUT2D eigenvalue weighted by molar-refractivity contribution is 5.68. The average molecular weight is 291 g/mol. The third kappa shape index (κ3) is 3.10. The summed E-state index contributed by atoms with van der Waals surface area (Å²) in [5, 5.41) is 3.38. The van der Waals surface area contributed by atoms with Crippen LogP contribution in [0.1, 0.15) is 24.0 Å². The maximum Gasteiger partial charge on any atom is 0.194 e. The molecule has 0 aliphatic heterocycles. The number of benzene rings is 2. The van der Waals surface area contributed by atoms with Crippen molar-refractivity contribution in [1.82, 2.24) is 5.32 Å². The van der Waals surface area contributed by atoms with Crippen molar-refractivity contribution < 1.29 is 13.2 Å². The van der Waals surface area contributed by atoms with Gasteiger partial charge in [-0.05, 0) is 48.6 Å². The molecule has 0 heterocycles. The molecule has 0 spiro atoms. The van der Waals surface area contributed by atoms with E-state index in [1.165, 1.54) is 12.8 Å². The molecule has 0 amide bonds. The summed E-state index contributed by atoms with van der Waals surface area (Å²) in [5.74, 6) is -3.75. The van der Waals surface area contributed by atoms with Gasteiger partial charge in [-0.25, -0.2) is 13.2 Å². The molecule has 110 valence electrons. The van der Waals surface area contributed by atoms with Crippen molar-refractivity contribution in [2.24, 2.45) is 0 Å². The lowest BCUT2D eigenvalue weighted by Crippen LogP contribution is -2.16. The first-order chi connectivity index (χ1) is 10.0. The Hall–Kier alpha value is -1.81. The molecule has 2 aromatic rings. The van der Waals surface area contributed by atoms with Gasteiger partial charge in [-0.1, -0.05) is 23.8 Å². The van der Waals surface area contributed by atoms with E-state index < -0.39 is 17.5 Å². The van der Waals surface area contributed by atoms with Gasteiger partial charge in [0.05, 0.1) is 0 Å². The monoisotopic (exact) mass is 291 g/mol. The topological polar surface area (TPSA) is 12.0 Å². The molecule has 4 heteroatoms. The van der Waals surface area contributed by atoms with E-state index >= 15 is 0 Å². The van der Waals surface area contributed by atoms with Crippen LogP contribution >= 0.6 is 0 Å². The fraction of sp³-hybridized carbons (Fsp3) is 0.294. The minimum atomic E-state index is -1.43. The van der Waals surface area contributed by atoms with Gasteiger partial charge >= 0.3 is 0 Å². The van der Waals surface area contributed by atoms with Crippen LogP contribution in [-0.4, -0.2) is 6.04 Å². The van der Waals surface area contributed by atoms with Gasteiger partial charge in [-0.15, -0.1) is 0 Å². The standard InChI is InChI=1S/C17H16F3N/c1-10-2-3-11(9-21-13-4-5-13)14(6-10)12-7-15(18)17(20)16(19)8-12/h2-3,6-8,13,21H,4-5,9H2,1H3. The fourth-order valence-electron chi connectivity index (χ4n) is 2.37. The molecule has 1 fully saturated rings. The van der Waals surface area contributed by atoms with Crippen LogP contribution in [0, 0.1) is 24.4 Å². The van der Waals surface area contributed by atoms with Gasteiger partial charge in [0, 0.05) is 12.6 Å². The lowest BCUT2D eigenvalue weighted by Gasteiger charge is -2.12. The molecule has 0 atom stereocenters. The van der Waals surface area contributed by atoms with Crippen LogP contribution in [-0.2, 0) is 6.54 Å². The van der Waals surface area contributed by atoms with Crippen molar-refractivity contribution in [3.8, 4) is 11.1 Å². The van der Waals surface area contributed by atoms with E-state index in [0.717, 1.165) is 28.8 Å². The first-order valence-corrected chi connectivity index (χ1v) is 7.02. The van der Waals surface area contributed by atoms with Crippen LogP contribution in [0.25, 0.3) is 11.1 Å². The molecule has 1 saturated carbocycles. The second kappa shape index (κ2) is 5.53. The van der Waals surface area contributed by atoms with Crippen LogP contribution < -0.4 is 5.32 Å². The molecule has 21 heavy (non-hydrogen) atoms. The Balaban J connectivity index is 2.00. The van der Waals surface area contributed by atoms with E-state index in [1.54, 1.807) is 0 Å². The Kier molecular flexibility index (Phi) is 3.72. The zero-order chi connectivity index (χ0) is 15.0. The maximum atomic E-state index is 13.5. The lowest BCUT2D eigenvalue weighted by molar-refractivity contribution is 0.447. The smallest absolute Gasteiger partial charge is 0.194 e. The normalized spacial score (nSPS) is 14.5. The maximum absolute atomic E-state index is 13.5. The van der Waals surface area contributed by atoms with Gasteiger partial charge in [-0.2, -0.15) is 0 Å². The molecule has 0 bridgehead atoms. The van der Waals surface area contributed by atoms with Crippen LogP contribution in [0.5, 0.6) is 0 Å². The second-order valence-electron chi connectivity index (χ2n) is 5.57. The minimum Gasteiger partial charge on any atom is -0.310 e. The first-order valence-electron chi connectivity index (χ1n) is 7.02. The van der Waals surface area contributed by atoms with E-state index in [2.05, 4.69) is 5.32 Å². The molecule has 1 nitrogen and oxygen atoms in total. The zero-order valence-corrected chi connectivity index (χ0v) is 11.7. The predicted octanol–water partition coefficient (Wildman–Crippen LogP) is 4.33. The molecule has 3 rings (SSSR count). The van der Waals surface area contributed by atoms with E-state index in [-0.39, 0.29) is 0 Å². The Labute approximate surface area is 121 Å². The van der Waals surface area contributed by atoms with Crippen molar-refractivity contribution in [1.29, 1.82) is 0 Å². The summed E-state index contributed by atoms with van der Waals surface area (Å²) in [5.41, 5.74) is 3.05. The highest BCUT2D eigenvalue weighted by atomic mass is 19.2. The largest absolute Gasteiger partial charge is 0.310 e. The molecule has 1 aliphatic rings. The van der Waals surface area contributed by atoms with Gasteiger partial charge in [0.25, 0.3) is 0 Å². The summed E-state index contributed by atoms with van der Waals surface area (Å²) < 4.78 is 40.0. The summed E-state index contributed by atoms with van der Waals surface area (Å²) in [6.07, 6.45) is 2.34. The fourth-order valence-corrected chi connectivity index (χ4v) is 2.37. The Morgan fingerprint density at radius 2 is 1.71 bits per heavy atom. The van der Waals surface area contributed by atoms with Crippen molar-refractivity contribution in [2.75, 3.05) is 0 Å². The Morgan fingerprint density at radius 3 is 2.33 bits per heavy atom. The summed E-state index contributed by atoms with van der Waals surface area (Å²) in [4.78, 5) is 0. The predicted molar refractivity (Wildman–Crippen MR) is 76.4 cm³/mol. The molecule has 0 saturated heterocycles. The number of aryl methyl sites for hydroxylation is 1. The highest BCUT2D eigenvalue weighted by Gasteiger charge is 2.21. The lowest BCUT2D eigenvalue weighted by atomic mass is 9.97. The van der Waals surface area contributed by atoms with Crippen LogP contribution in [0.2, 0.25) is 0 Å². The van der Waals surface area contributed by atoms with Crippen molar-refractivity contribution >= 4 is 0 Å². The molecule has 1 N–H and O–H groups in total. The Bertz CT molecular complexity index is 655. The minimum absolute atomic E-state index is 0.364. The van der Waals surface area contributed by atoms with Gasteiger partial charge in [0.1, 0.15) is 0 Å². The quantitative estimate of drug-likeness (QED) is 0.827. The van der Waals surface area contributed by atoms with Gasteiger partial charge < -0.3 is 5.32 Å². The van der Waals surface area contributed by atoms with Gasteiger partial charge in [-0.3, -0.25) is 0 Å². The summed E-state index contributed by atoms with van der Waals surface area (Å²) >= 11 is 0. The molecule has 2 aromatic carbocycles. The van der Waals surface area contributed by atoms with E-state index in [9.17, 15) is 13.2 Å². The molecule has 0 aromatic heterocycles. The molecular weight excluding hydrogens is 275 g/mol. The number of nitrogens with one attached hydrogen (secondary N) is 1. The van der Waals surface area contributed by atoms with E-state index in [1.807, 2.05) is 25.1 Å². The molecule has 0 radical (unpaired) electrons. The van der Waals surface area contributed by atoms with Crippen LogP contribution in [0.15, 0.2) is 30.3 Å². The summed E-state index contributed by atoms with van der Waals surface area (Å²) in [6.45, 7) is 2.55. The Morgan fingerprint density at radius 1 is 1.05 bits per heavy atom. The zero-order valence-electron chi connectivity index (χ0n) is 11.7. The van der Waals surface area contributed by atoms with E-state index in [4.69, 9.17) is 0 Å². The van der Waals surface area contributed by atoms with Gasteiger partial charge in [0.2, 0.25) is 0 Å². The van der Waals surface area contributed by atoms with Crippen molar-refractivity contribution in [3.63, 3.8) is 0 Å². The van der Waals surface area contributed by atoms with Gasteiger partial charge in [0.15, 0.2) is 17.5 Å². The summed E-state index contributed by atoms with van der Waals surface area (Å²) in [7, 11) is 0. The molecular formula is C17H16F3N. The molecule has 1 aliphatic carbocycles. The first kappa shape index (κ1) is 14.1. The SMILES string of the molecule is Cc1ccc(CNC2CC2)c(-c2cc(F)c(F)c(F)c2)c1.